The van der Waals surface area contributed by atoms with Crippen LogP contribution in [0.1, 0.15) is 80.1 Å². The van der Waals surface area contributed by atoms with E-state index in [0.29, 0.717) is 48.3 Å². The van der Waals surface area contributed by atoms with E-state index in [-0.39, 0.29) is 5.92 Å². The van der Waals surface area contributed by atoms with Crippen molar-refractivity contribution in [1.29, 1.82) is 0 Å². The van der Waals surface area contributed by atoms with Gasteiger partial charge in [0.05, 0.1) is 0 Å². The van der Waals surface area contributed by atoms with Crippen molar-refractivity contribution in [3.63, 3.8) is 0 Å². The Morgan fingerprint density at radius 3 is 1.33 bits per heavy atom. The molecule has 1 aromatic carbocycles. The predicted molar refractivity (Wildman–Crippen MR) is 122 cm³/mol. The van der Waals surface area contributed by atoms with Crippen molar-refractivity contribution in [2.45, 2.75) is 106 Å². The van der Waals surface area contributed by atoms with Gasteiger partial charge in [0.1, 0.15) is 0 Å². The molecule has 1 aromatic rings. The highest BCUT2D eigenvalue weighted by atomic mass is 19.4. The molecule has 2 saturated carbocycles. The Hall–Kier alpha value is -2.16. The Labute approximate surface area is 236 Å². The van der Waals surface area contributed by atoms with Crippen molar-refractivity contribution < 1.29 is 70.7 Å². The number of Topliss-reactive ketones (excluding diaryl/α,β-unsaturated/α-hetero) is 1. The summed E-state index contributed by atoms with van der Waals surface area (Å²) in [6.45, 7) is 2.18. The van der Waals surface area contributed by atoms with Crippen LogP contribution in [0.15, 0.2) is 24.3 Å². The third-order valence-electron chi connectivity index (χ3n) is 8.76. The number of carbonyl (C=O) groups excluding carboxylic acids is 1. The van der Waals surface area contributed by atoms with E-state index >= 15 is 0 Å². The number of hydrogen-bond donors (Lipinski definition) is 0. The lowest BCUT2D eigenvalue weighted by Gasteiger charge is -2.41. The van der Waals surface area contributed by atoms with Crippen LogP contribution in [-0.2, 0) is 0 Å². The van der Waals surface area contributed by atoms with Crippen LogP contribution in [0.4, 0.5) is 65.9 Å². The summed E-state index contributed by atoms with van der Waals surface area (Å²) in [6.07, 6.45) is -0.289. The van der Waals surface area contributed by atoms with E-state index in [0.717, 1.165) is 50.7 Å². The maximum atomic E-state index is 14.4. The summed E-state index contributed by atoms with van der Waals surface area (Å²) in [5.41, 5.74) is -1.00. The standard InChI is InChI=1S/C27H27F15O/c1-14-2-4-15(5-3-14)16-6-8-17(9-7-16)18-10-12-19(13-11-18)20(43)21(28,29)22(30,31)23(32,33)24(34,35)25(36,37)26(38,39)27(40,41)42/h10-17H,2-9H2,1H3/t14-,15-,16-,17-. The molecule has 0 aromatic heterocycles. The van der Waals surface area contributed by atoms with Crippen molar-refractivity contribution >= 4 is 5.78 Å². The minimum absolute atomic E-state index is 0.148. The van der Waals surface area contributed by atoms with E-state index in [2.05, 4.69) is 6.92 Å². The van der Waals surface area contributed by atoms with Gasteiger partial charge in [0, 0.05) is 5.56 Å². The largest absolute Gasteiger partial charge is 0.460 e. The van der Waals surface area contributed by atoms with Gasteiger partial charge in [0.2, 0.25) is 5.78 Å². The van der Waals surface area contributed by atoms with Crippen molar-refractivity contribution in [3.8, 4) is 0 Å². The number of benzene rings is 1. The third-order valence-corrected chi connectivity index (χ3v) is 8.76. The van der Waals surface area contributed by atoms with E-state index in [1.54, 1.807) is 0 Å². The molecule has 0 heterocycles. The van der Waals surface area contributed by atoms with Crippen molar-refractivity contribution in [3.05, 3.63) is 35.4 Å². The molecule has 2 aliphatic carbocycles. The summed E-state index contributed by atoms with van der Waals surface area (Å²) in [7, 11) is 0. The topological polar surface area (TPSA) is 17.1 Å². The van der Waals surface area contributed by atoms with E-state index in [1.807, 2.05) is 0 Å². The summed E-state index contributed by atoms with van der Waals surface area (Å²) < 4.78 is 202. The van der Waals surface area contributed by atoms with E-state index < -0.39 is 53.1 Å². The van der Waals surface area contributed by atoms with Crippen LogP contribution < -0.4 is 0 Å². The second kappa shape index (κ2) is 11.3. The highest BCUT2D eigenvalue weighted by molar-refractivity contribution is 6.02. The van der Waals surface area contributed by atoms with Crippen LogP contribution in [0.25, 0.3) is 0 Å². The van der Waals surface area contributed by atoms with Crippen molar-refractivity contribution in [2.75, 3.05) is 0 Å². The molecule has 0 bridgehead atoms. The van der Waals surface area contributed by atoms with E-state index in [9.17, 15) is 70.7 Å². The average molecular weight is 652 g/mol. The van der Waals surface area contributed by atoms with Gasteiger partial charge in [-0.25, -0.2) is 0 Å². The maximum absolute atomic E-state index is 14.4. The molecule has 2 fully saturated rings. The highest BCUT2D eigenvalue weighted by Crippen LogP contribution is 2.62. The van der Waals surface area contributed by atoms with Crippen LogP contribution in [0, 0.1) is 17.8 Å². The normalized spacial score (nSPS) is 25.5. The second-order valence-electron chi connectivity index (χ2n) is 11.5. The lowest BCUT2D eigenvalue weighted by Crippen LogP contribution is -2.73. The first-order valence-electron chi connectivity index (χ1n) is 13.3. The van der Waals surface area contributed by atoms with Gasteiger partial charge >= 0.3 is 41.7 Å². The number of carbonyl (C=O) groups is 1. The minimum atomic E-state index is -8.43. The number of ketones is 1. The Balaban J connectivity index is 1.78. The molecule has 0 N–H and O–H groups in total. The van der Waals surface area contributed by atoms with Gasteiger partial charge in [0.25, 0.3) is 0 Å². The third kappa shape index (κ3) is 5.72. The van der Waals surface area contributed by atoms with Gasteiger partial charge in [-0.2, -0.15) is 65.9 Å². The van der Waals surface area contributed by atoms with Crippen molar-refractivity contribution in [1.82, 2.24) is 0 Å². The Bertz CT molecular complexity index is 1120. The zero-order valence-corrected chi connectivity index (χ0v) is 22.4. The van der Waals surface area contributed by atoms with E-state index in [4.69, 9.17) is 0 Å². The van der Waals surface area contributed by atoms with Crippen LogP contribution in [0.3, 0.4) is 0 Å². The number of rotatable bonds is 9. The molecule has 0 spiro atoms. The molecule has 0 saturated heterocycles. The van der Waals surface area contributed by atoms with Gasteiger partial charge in [-0.3, -0.25) is 4.79 Å². The molecule has 0 aliphatic heterocycles. The average Bonchev–Trinajstić information content (AvgIpc) is 2.92. The SMILES string of the molecule is C[C@H]1CC[C@H]([C@H]2CC[C@H](c3ccc(C(=O)C(F)(F)C(F)(F)C(F)(F)C(F)(F)C(F)(F)C(F)(F)C(F)(F)F)cc3)CC2)CC1. The molecular weight excluding hydrogens is 625 g/mol. The highest BCUT2D eigenvalue weighted by Gasteiger charge is 2.94. The number of hydrogen-bond acceptors (Lipinski definition) is 1. The maximum Gasteiger partial charge on any atom is 0.460 e. The molecule has 3 rings (SSSR count). The lowest BCUT2D eigenvalue weighted by molar-refractivity contribution is -0.449. The molecule has 0 atom stereocenters. The zero-order valence-electron chi connectivity index (χ0n) is 22.4. The first-order chi connectivity index (χ1) is 19.3. The predicted octanol–water partition coefficient (Wildman–Crippen LogP) is 10.3. The fraction of sp³-hybridized carbons (Fsp3) is 0.741. The summed E-state index contributed by atoms with van der Waals surface area (Å²) >= 11 is 0. The molecule has 1 nitrogen and oxygen atoms in total. The van der Waals surface area contributed by atoms with Gasteiger partial charge in [-0.05, 0) is 67.8 Å². The summed E-state index contributed by atoms with van der Waals surface area (Å²) in [4.78, 5) is 12.1. The molecular formula is C27H27F15O. The molecule has 0 unspecified atom stereocenters. The number of alkyl halides is 15. The zero-order chi connectivity index (χ0) is 33.0. The van der Waals surface area contributed by atoms with E-state index in [1.165, 1.54) is 0 Å². The lowest BCUT2D eigenvalue weighted by atomic mass is 9.68. The fourth-order valence-corrected chi connectivity index (χ4v) is 5.88. The minimum Gasteiger partial charge on any atom is -0.287 e. The van der Waals surface area contributed by atoms with Crippen LogP contribution >= 0.6 is 0 Å². The molecule has 16 heteroatoms. The number of halogens is 15. The molecule has 0 amide bonds. The smallest absolute Gasteiger partial charge is 0.287 e. The van der Waals surface area contributed by atoms with Gasteiger partial charge in [-0.15, -0.1) is 0 Å². The Morgan fingerprint density at radius 2 is 0.907 bits per heavy atom. The van der Waals surface area contributed by atoms with Crippen LogP contribution in [-0.4, -0.2) is 47.5 Å². The molecule has 246 valence electrons. The monoisotopic (exact) mass is 652 g/mol. The fourth-order valence-electron chi connectivity index (χ4n) is 5.88. The Morgan fingerprint density at radius 1 is 0.535 bits per heavy atom. The van der Waals surface area contributed by atoms with Gasteiger partial charge in [0.15, 0.2) is 0 Å². The Kier molecular flexibility index (Phi) is 9.30. The first-order valence-corrected chi connectivity index (χ1v) is 13.3. The molecule has 43 heavy (non-hydrogen) atoms. The van der Waals surface area contributed by atoms with Gasteiger partial charge < -0.3 is 0 Å². The van der Waals surface area contributed by atoms with Crippen LogP contribution in [0.2, 0.25) is 0 Å². The quantitative estimate of drug-likeness (QED) is 0.192. The van der Waals surface area contributed by atoms with Crippen LogP contribution in [0.5, 0.6) is 0 Å². The van der Waals surface area contributed by atoms with Gasteiger partial charge in [-0.1, -0.05) is 44.0 Å². The second-order valence-corrected chi connectivity index (χ2v) is 11.5. The molecule has 2 aliphatic rings. The summed E-state index contributed by atoms with van der Waals surface area (Å²) in [6, 6.07) is 3.02. The van der Waals surface area contributed by atoms with Crippen molar-refractivity contribution in [2.24, 2.45) is 17.8 Å². The molecule has 0 radical (unpaired) electrons. The first kappa shape index (κ1) is 35.3. The summed E-state index contributed by atoms with van der Waals surface area (Å²) in [5.74, 6) is -49.7. The summed E-state index contributed by atoms with van der Waals surface area (Å²) in [5, 5.41) is 0.